The fourth-order valence-corrected chi connectivity index (χ4v) is 3.38. The van der Waals surface area contributed by atoms with Gasteiger partial charge < -0.3 is 10.6 Å². The third-order valence-electron chi connectivity index (χ3n) is 4.35. The van der Waals surface area contributed by atoms with Crippen LogP contribution in [-0.2, 0) is 11.3 Å². The van der Waals surface area contributed by atoms with Crippen LogP contribution < -0.4 is 10.6 Å². The highest BCUT2D eigenvalue weighted by atomic mass is 32.1. The van der Waals surface area contributed by atoms with E-state index in [4.69, 9.17) is 0 Å². The Morgan fingerprint density at radius 1 is 1.14 bits per heavy atom. The quantitative estimate of drug-likeness (QED) is 0.307. The maximum atomic E-state index is 12.0. The molecule has 1 amide bonds. The van der Waals surface area contributed by atoms with Gasteiger partial charge in [-0.3, -0.25) is 14.9 Å². The minimum Gasteiger partial charge on any atom is -0.385 e. The van der Waals surface area contributed by atoms with Crippen molar-refractivity contribution in [3.8, 4) is 11.3 Å². The average molecular weight is 410 g/mol. The number of hydrogen-bond acceptors (Lipinski definition) is 6. The Morgan fingerprint density at radius 3 is 2.48 bits per heavy atom. The van der Waals surface area contributed by atoms with Crippen molar-refractivity contribution in [3.05, 3.63) is 74.6 Å². The average Bonchev–Trinajstić information content (AvgIpc) is 3.16. The second-order valence-electron chi connectivity index (χ2n) is 6.56. The van der Waals surface area contributed by atoms with Gasteiger partial charge in [0.1, 0.15) is 0 Å². The molecule has 150 valence electrons. The number of rotatable bonds is 9. The van der Waals surface area contributed by atoms with E-state index in [9.17, 15) is 14.9 Å². The van der Waals surface area contributed by atoms with Crippen molar-refractivity contribution in [3.63, 3.8) is 0 Å². The first kappa shape index (κ1) is 20.5. The van der Waals surface area contributed by atoms with Crippen molar-refractivity contribution in [1.82, 2.24) is 10.3 Å². The summed E-state index contributed by atoms with van der Waals surface area (Å²) >= 11 is 1.63. The molecule has 3 rings (SSSR count). The highest BCUT2D eigenvalue weighted by Gasteiger charge is 2.05. The molecule has 0 spiro atoms. The Kier molecular flexibility index (Phi) is 6.91. The third-order valence-corrected chi connectivity index (χ3v) is 5.12. The molecule has 2 N–H and O–H groups in total. The van der Waals surface area contributed by atoms with Crippen LogP contribution in [0, 0.1) is 17.0 Å². The number of amides is 1. The molecule has 0 radical (unpaired) electrons. The van der Waals surface area contributed by atoms with Gasteiger partial charge >= 0.3 is 0 Å². The molecule has 0 atom stereocenters. The van der Waals surface area contributed by atoms with E-state index in [1.165, 1.54) is 12.1 Å². The third kappa shape index (κ3) is 6.11. The standard InChI is InChI=1S/C21H22N4O3S/c1-15-24-20(14-29-15)17-6-4-16(5-7-17)13-23-21(26)3-2-12-22-18-8-10-19(11-9-18)25(27)28/h4-11,14,22H,2-3,12-13H2,1H3,(H,23,26). The molecule has 0 bridgehead atoms. The number of non-ortho nitro benzene ring substituents is 1. The van der Waals surface area contributed by atoms with Crippen LogP contribution in [0.15, 0.2) is 53.9 Å². The first-order valence-electron chi connectivity index (χ1n) is 9.28. The fourth-order valence-electron chi connectivity index (χ4n) is 2.76. The smallest absolute Gasteiger partial charge is 0.269 e. The molecule has 29 heavy (non-hydrogen) atoms. The fraction of sp³-hybridized carbons (Fsp3) is 0.238. The van der Waals surface area contributed by atoms with Crippen LogP contribution in [0.1, 0.15) is 23.4 Å². The maximum Gasteiger partial charge on any atom is 0.269 e. The molecule has 1 heterocycles. The van der Waals surface area contributed by atoms with Crippen LogP contribution in [0.4, 0.5) is 11.4 Å². The number of nitrogens with one attached hydrogen (secondary N) is 2. The van der Waals surface area contributed by atoms with Crippen molar-refractivity contribution < 1.29 is 9.72 Å². The number of aromatic nitrogens is 1. The van der Waals surface area contributed by atoms with Crippen LogP contribution >= 0.6 is 11.3 Å². The minimum atomic E-state index is -0.429. The van der Waals surface area contributed by atoms with Gasteiger partial charge in [0.2, 0.25) is 5.91 Å². The molecule has 0 unspecified atom stereocenters. The van der Waals surface area contributed by atoms with Crippen LogP contribution in [0.5, 0.6) is 0 Å². The predicted octanol–water partition coefficient (Wildman–Crippen LogP) is 4.54. The lowest BCUT2D eigenvalue weighted by molar-refractivity contribution is -0.384. The van der Waals surface area contributed by atoms with E-state index in [2.05, 4.69) is 15.6 Å². The van der Waals surface area contributed by atoms with Gasteiger partial charge in [0, 0.05) is 48.3 Å². The summed E-state index contributed by atoms with van der Waals surface area (Å²) in [6.45, 7) is 3.09. The lowest BCUT2D eigenvalue weighted by atomic mass is 10.1. The van der Waals surface area contributed by atoms with E-state index >= 15 is 0 Å². The van der Waals surface area contributed by atoms with Crippen LogP contribution in [0.25, 0.3) is 11.3 Å². The van der Waals surface area contributed by atoms with Gasteiger partial charge in [-0.05, 0) is 31.0 Å². The van der Waals surface area contributed by atoms with Gasteiger partial charge in [0.25, 0.3) is 5.69 Å². The molecular weight excluding hydrogens is 388 g/mol. The summed E-state index contributed by atoms with van der Waals surface area (Å²) in [5, 5.41) is 19.8. The normalized spacial score (nSPS) is 10.5. The number of aryl methyl sites for hydroxylation is 1. The number of nitrogens with zero attached hydrogens (tertiary/aromatic N) is 2. The number of nitro benzene ring substituents is 1. The Labute approximate surface area is 173 Å². The van der Waals surface area contributed by atoms with Crippen molar-refractivity contribution in [1.29, 1.82) is 0 Å². The molecule has 0 saturated heterocycles. The Hall–Kier alpha value is -3.26. The molecule has 1 aromatic heterocycles. The van der Waals surface area contributed by atoms with Gasteiger partial charge in [-0.15, -0.1) is 11.3 Å². The van der Waals surface area contributed by atoms with E-state index in [1.54, 1.807) is 23.5 Å². The molecule has 2 aromatic carbocycles. The molecule has 0 aliphatic heterocycles. The molecule has 7 nitrogen and oxygen atoms in total. The SMILES string of the molecule is Cc1nc(-c2ccc(CNC(=O)CCCNc3ccc([N+](=O)[O-])cc3)cc2)cs1. The summed E-state index contributed by atoms with van der Waals surface area (Å²) in [6.07, 6.45) is 1.08. The first-order valence-corrected chi connectivity index (χ1v) is 10.2. The number of hydrogen-bond donors (Lipinski definition) is 2. The number of thiazole rings is 1. The monoisotopic (exact) mass is 410 g/mol. The van der Waals surface area contributed by atoms with Gasteiger partial charge in [0.15, 0.2) is 0 Å². The highest BCUT2D eigenvalue weighted by molar-refractivity contribution is 7.09. The van der Waals surface area contributed by atoms with E-state index in [-0.39, 0.29) is 11.6 Å². The number of nitro groups is 1. The lowest BCUT2D eigenvalue weighted by Gasteiger charge is -2.08. The van der Waals surface area contributed by atoms with Crippen molar-refractivity contribution in [2.24, 2.45) is 0 Å². The van der Waals surface area contributed by atoms with Crippen LogP contribution in [0.3, 0.4) is 0 Å². The van der Waals surface area contributed by atoms with E-state index in [0.29, 0.717) is 25.9 Å². The zero-order valence-electron chi connectivity index (χ0n) is 16.1. The van der Waals surface area contributed by atoms with Crippen molar-refractivity contribution >= 4 is 28.6 Å². The summed E-state index contributed by atoms with van der Waals surface area (Å²) in [4.78, 5) is 26.7. The first-order chi connectivity index (χ1) is 14.0. The minimum absolute atomic E-state index is 0.00491. The summed E-state index contributed by atoms with van der Waals surface area (Å²) in [7, 11) is 0. The van der Waals surface area contributed by atoms with Gasteiger partial charge in [-0.1, -0.05) is 24.3 Å². The zero-order chi connectivity index (χ0) is 20.6. The van der Waals surface area contributed by atoms with E-state index < -0.39 is 4.92 Å². The number of benzene rings is 2. The summed E-state index contributed by atoms with van der Waals surface area (Å²) in [5.41, 5.74) is 3.94. The van der Waals surface area contributed by atoms with Crippen LogP contribution in [-0.4, -0.2) is 22.4 Å². The summed E-state index contributed by atoms with van der Waals surface area (Å²) < 4.78 is 0. The molecule has 0 saturated carbocycles. The van der Waals surface area contributed by atoms with Crippen molar-refractivity contribution in [2.45, 2.75) is 26.3 Å². The topological polar surface area (TPSA) is 97.2 Å². The van der Waals surface area contributed by atoms with E-state index in [1.807, 2.05) is 36.6 Å². The molecule has 0 aliphatic rings. The molecule has 8 heteroatoms. The number of anilines is 1. The van der Waals surface area contributed by atoms with Gasteiger partial charge in [-0.2, -0.15) is 0 Å². The highest BCUT2D eigenvalue weighted by Crippen LogP contribution is 2.21. The van der Waals surface area contributed by atoms with E-state index in [0.717, 1.165) is 27.5 Å². The number of carbonyl (C=O) groups excluding carboxylic acids is 1. The summed E-state index contributed by atoms with van der Waals surface area (Å²) in [5.74, 6) is -0.00491. The lowest BCUT2D eigenvalue weighted by Crippen LogP contribution is -2.23. The zero-order valence-corrected chi connectivity index (χ0v) is 16.9. The molecule has 3 aromatic rings. The Balaban J connectivity index is 1.36. The van der Waals surface area contributed by atoms with Crippen molar-refractivity contribution in [2.75, 3.05) is 11.9 Å². The molecule has 0 aliphatic carbocycles. The predicted molar refractivity (Wildman–Crippen MR) is 115 cm³/mol. The molecular formula is C21H22N4O3S. The Morgan fingerprint density at radius 2 is 1.86 bits per heavy atom. The largest absolute Gasteiger partial charge is 0.385 e. The molecule has 0 fully saturated rings. The Bertz CT molecular complexity index is 968. The van der Waals surface area contributed by atoms with Gasteiger partial charge in [0.05, 0.1) is 15.6 Å². The van der Waals surface area contributed by atoms with Gasteiger partial charge in [-0.25, -0.2) is 4.98 Å². The second-order valence-corrected chi connectivity index (χ2v) is 7.62. The maximum absolute atomic E-state index is 12.0. The number of carbonyl (C=O) groups is 1. The van der Waals surface area contributed by atoms with Crippen LogP contribution in [0.2, 0.25) is 0 Å². The summed E-state index contributed by atoms with van der Waals surface area (Å²) in [6, 6.07) is 14.3. The second kappa shape index (κ2) is 9.79.